The topological polar surface area (TPSA) is 21.3 Å². The minimum atomic E-state index is 0.107. The second kappa shape index (κ2) is 7.17. The SMILES string of the molecule is CNC(Cc1cc(Cl)ccc1Cl)c1cc(C)ccc1OC. The molecule has 2 aromatic rings. The predicted octanol–water partition coefficient (Wildman–Crippen LogP) is 4.81. The van der Waals surface area contributed by atoms with Crippen LogP contribution in [0.3, 0.4) is 0 Å². The van der Waals surface area contributed by atoms with Crippen LogP contribution in [0.5, 0.6) is 5.75 Å². The summed E-state index contributed by atoms with van der Waals surface area (Å²) in [6.07, 6.45) is 0.746. The molecule has 2 aromatic carbocycles. The van der Waals surface area contributed by atoms with Crippen LogP contribution in [-0.2, 0) is 6.42 Å². The molecular formula is C17H19Cl2NO. The van der Waals surface area contributed by atoms with E-state index >= 15 is 0 Å². The van der Waals surface area contributed by atoms with Gasteiger partial charge in [0.25, 0.3) is 0 Å². The van der Waals surface area contributed by atoms with Gasteiger partial charge in [-0.05, 0) is 50.2 Å². The van der Waals surface area contributed by atoms with Gasteiger partial charge in [-0.3, -0.25) is 0 Å². The molecule has 4 heteroatoms. The molecule has 1 unspecified atom stereocenters. The van der Waals surface area contributed by atoms with Crippen molar-refractivity contribution in [2.75, 3.05) is 14.2 Å². The van der Waals surface area contributed by atoms with Crippen LogP contribution in [0.2, 0.25) is 10.0 Å². The molecule has 0 amide bonds. The summed E-state index contributed by atoms with van der Waals surface area (Å²) in [5, 5.41) is 4.76. The van der Waals surface area contributed by atoms with Gasteiger partial charge in [0.1, 0.15) is 5.75 Å². The molecular weight excluding hydrogens is 305 g/mol. The van der Waals surface area contributed by atoms with Gasteiger partial charge in [-0.2, -0.15) is 0 Å². The molecule has 2 nitrogen and oxygen atoms in total. The Bertz CT molecular complexity index is 628. The van der Waals surface area contributed by atoms with E-state index in [2.05, 4.69) is 18.3 Å². The highest BCUT2D eigenvalue weighted by Crippen LogP contribution is 2.31. The number of halogens is 2. The first-order valence-electron chi connectivity index (χ1n) is 6.81. The molecule has 0 aliphatic heterocycles. The molecule has 2 rings (SSSR count). The Morgan fingerprint density at radius 2 is 1.90 bits per heavy atom. The van der Waals surface area contributed by atoms with Crippen LogP contribution < -0.4 is 10.1 Å². The van der Waals surface area contributed by atoms with E-state index in [1.807, 2.05) is 31.3 Å². The molecule has 0 aliphatic rings. The highest BCUT2D eigenvalue weighted by Gasteiger charge is 2.17. The third kappa shape index (κ3) is 3.91. The Morgan fingerprint density at radius 3 is 2.57 bits per heavy atom. The fraction of sp³-hybridized carbons (Fsp3) is 0.294. The summed E-state index contributed by atoms with van der Waals surface area (Å²) in [6.45, 7) is 2.07. The number of nitrogens with one attached hydrogen (secondary N) is 1. The monoisotopic (exact) mass is 323 g/mol. The van der Waals surface area contributed by atoms with Gasteiger partial charge in [0, 0.05) is 21.7 Å². The van der Waals surface area contributed by atoms with Gasteiger partial charge in [-0.15, -0.1) is 0 Å². The molecule has 112 valence electrons. The molecule has 0 bridgehead atoms. The van der Waals surface area contributed by atoms with Gasteiger partial charge in [0.15, 0.2) is 0 Å². The zero-order valence-corrected chi connectivity index (χ0v) is 13.9. The van der Waals surface area contributed by atoms with E-state index in [1.54, 1.807) is 13.2 Å². The molecule has 0 spiro atoms. The van der Waals surface area contributed by atoms with E-state index in [1.165, 1.54) is 5.56 Å². The summed E-state index contributed by atoms with van der Waals surface area (Å²) >= 11 is 12.3. The van der Waals surface area contributed by atoms with Crippen molar-refractivity contribution in [2.24, 2.45) is 0 Å². The number of rotatable bonds is 5. The first kappa shape index (κ1) is 16.2. The van der Waals surface area contributed by atoms with E-state index < -0.39 is 0 Å². The van der Waals surface area contributed by atoms with Gasteiger partial charge < -0.3 is 10.1 Å². The van der Waals surface area contributed by atoms with E-state index in [0.717, 1.165) is 28.3 Å². The molecule has 0 saturated heterocycles. The quantitative estimate of drug-likeness (QED) is 0.852. The number of aryl methyl sites for hydroxylation is 1. The zero-order valence-electron chi connectivity index (χ0n) is 12.4. The molecule has 0 fully saturated rings. The molecule has 21 heavy (non-hydrogen) atoms. The highest BCUT2D eigenvalue weighted by molar-refractivity contribution is 6.33. The first-order valence-corrected chi connectivity index (χ1v) is 7.56. The minimum Gasteiger partial charge on any atom is -0.496 e. The van der Waals surface area contributed by atoms with Crippen molar-refractivity contribution in [3.8, 4) is 5.75 Å². The summed E-state index contributed by atoms with van der Waals surface area (Å²) in [5.41, 5.74) is 3.34. The second-order valence-corrected chi connectivity index (χ2v) is 5.87. The first-order chi connectivity index (χ1) is 10.0. The van der Waals surface area contributed by atoms with Crippen molar-refractivity contribution in [1.29, 1.82) is 0 Å². The van der Waals surface area contributed by atoms with Crippen LogP contribution in [0.1, 0.15) is 22.7 Å². The summed E-state index contributed by atoms with van der Waals surface area (Å²) in [5.74, 6) is 0.873. The third-order valence-electron chi connectivity index (χ3n) is 3.54. The zero-order chi connectivity index (χ0) is 15.4. The van der Waals surface area contributed by atoms with Crippen LogP contribution in [-0.4, -0.2) is 14.2 Å². The molecule has 0 heterocycles. The summed E-state index contributed by atoms with van der Waals surface area (Å²) in [7, 11) is 3.62. The maximum atomic E-state index is 6.27. The molecule has 1 N–H and O–H groups in total. The highest BCUT2D eigenvalue weighted by atomic mass is 35.5. The fourth-order valence-electron chi connectivity index (χ4n) is 2.41. The Balaban J connectivity index is 2.36. The second-order valence-electron chi connectivity index (χ2n) is 5.03. The molecule has 0 saturated carbocycles. The third-order valence-corrected chi connectivity index (χ3v) is 4.14. The maximum absolute atomic E-state index is 6.27. The number of likely N-dealkylation sites (N-methyl/N-ethyl adjacent to an activating group) is 1. The molecule has 0 aromatic heterocycles. The lowest BCUT2D eigenvalue weighted by Gasteiger charge is -2.21. The van der Waals surface area contributed by atoms with Crippen LogP contribution in [0.25, 0.3) is 0 Å². The number of methoxy groups -OCH3 is 1. The van der Waals surface area contributed by atoms with Crippen molar-refractivity contribution in [3.05, 3.63) is 63.1 Å². The number of ether oxygens (including phenoxy) is 1. The van der Waals surface area contributed by atoms with Gasteiger partial charge >= 0.3 is 0 Å². The average Bonchev–Trinajstić information content (AvgIpc) is 2.48. The lowest BCUT2D eigenvalue weighted by atomic mass is 9.96. The maximum Gasteiger partial charge on any atom is 0.123 e. The number of benzene rings is 2. The number of hydrogen-bond acceptors (Lipinski definition) is 2. The smallest absolute Gasteiger partial charge is 0.123 e. The van der Waals surface area contributed by atoms with E-state index in [0.29, 0.717) is 5.02 Å². The Kier molecular flexibility index (Phi) is 5.51. The molecule has 0 aliphatic carbocycles. The van der Waals surface area contributed by atoms with Crippen LogP contribution in [0.4, 0.5) is 0 Å². The Hall–Kier alpha value is -1.22. The van der Waals surface area contributed by atoms with Crippen molar-refractivity contribution in [2.45, 2.75) is 19.4 Å². The fourth-order valence-corrected chi connectivity index (χ4v) is 2.80. The van der Waals surface area contributed by atoms with E-state index in [-0.39, 0.29) is 6.04 Å². The van der Waals surface area contributed by atoms with Crippen molar-refractivity contribution < 1.29 is 4.74 Å². The summed E-state index contributed by atoms with van der Waals surface area (Å²) in [6, 6.07) is 11.8. The average molecular weight is 324 g/mol. The lowest BCUT2D eigenvalue weighted by Crippen LogP contribution is -2.20. The minimum absolute atomic E-state index is 0.107. The van der Waals surface area contributed by atoms with E-state index in [9.17, 15) is 0 Å². The molecule has 0 radical (unpaired) electrons. The largest absolute Gasteiger partial charge is 0.496 e. The van der Waals surface area contributed by atoms with Crippen LogP contribution in [0, 0.1) is 6.92 Å². The summed E-state index contributed by atoms with van der Waals surface area (Å²) < 4.78 is 5.48. The van der Waals surface area contributed by atoms with Gasteiger partial charge in [0.2, 0.25) is 0 Å². The summed E-state index contributed by atoms with van der Waals surface area (Å²) in [4.78, 5) is 0. The van der Waals surface area contributed by atoms with Gasteiger partial charge in [-0.25, -0.2) is 0 Å². The predicted molar refractivity (Wildman–Crippen MR) is 89.7 cm³/mol. The van der Waals surface area contributed by atoms with E-state index in [4.69, 9.17) is 27.9 Å². The standard InChI is InChI=1S/C17H19Cl2NO/c1-11-4-7-17(21-3)14(8-11)16(20-2)10-12-9-13(18)5-6-15(12)19/h4-9,16,20H,10H2,1-3H3. The Labute approximate surface area is 136 Å². The van der Waals surface area contributed by atoms with Crippen LogP contribution in [0.15, 0.2) is 36.4 Å². The van der Waals surface area contributed by atoms with Crippen molar-refractivity contribution in [1.82, 2.24) is 5.32 Å². The lowest BCUT2D eigenvalue weighted by molar-refractivity contribution is 0.401. The van der Waals surface area contributed by atoms with Crippen molar-refractivity contribution in [3.63, 3.8) is 0 Å². The normalized spacial score (nSPS) is 12.2. The van der Waals surface area contributed by atoms with Gasteiger partial charge in [0.05, 0.1) is 7.11 Å². The molecule has 1 atom stereocenters. The Morgan fingerprint density at radius 1 is 1.14 bits per heavy atom. The van der Waals surface area contributed by atoms with Crippen LogP contribution >= 0.6 is 23.2 Å². The van der Waals surface area contributed by atoms with Crippen molar-refractivity contribution >= 4 is 23.2 Å². The van der Waals surface area contributed by atoms with Gasteiger partial charge in [-0.1, -0.05) is 40.9 Å². The number of hydrogen-bond donors (Lipinski definition) is 1.